The molecule has 1 aromatic heterocycles. The summed E-state index contributed by atoms with van der Waals surface area (Å²) in [5, 5.41) is 0. The molecule has 172 valence electrons. The van der Waals surface area contributed by atoms with E-state index in [9.17, 15) is 9.59 Å². The lowest BCUT2D eigenvalue weighted by Gasteiger charge is -2.26. The highest BCUT2D eigenvalue weighted by molar-refractivity contribution is 5.77. The molecule has 0 radical (unpaired) electrons. The SMILES string of the molecule is CCN(CC)C(=O)C[C@@H]1OC[C@@H]2[C@H]1[C@H](CC(=O)N1CCCC1)CN2Cc1cncn1C. The minimum Gasteiger partial charge on any atom is -0.376 e. The van der Waals surface area contributed by atoms with Crippen LogP contribution in [0.4, 0.5) is 0 Å². The second kappa shape index (κ2) is 9.69. The molecule has 3 aliphatic rings. The molecule has 4 atom stereocenters. The summed E-state index contributed by atoms with van der Waals surface area (Å²) in [6, 6.07) is 0.251. The number of carbonyl (C=O) groups excluding carboxylic acids is 2. The molecule has 4 rings (SSSR count). The largest absolute Gasteiger partial charge is 0.376 e. The van der Waals surface area contributed by atoms with Gasteiger partial charge in [0.2, 0.25) is 11.8 Å². The van der Waals surface area contributed by atoms with Crippen molar-refractivity contribution in [1.82, 2.24) is 24.3 Å². The molecule has 1 aromatic rings. The standard InChI is InChI=1S/C23H37N5O3/c1-4-26(5-2)22(30)11-20-23-17(10-21(29)27-8-6-7-9-27)13-28(19(23)15-31-20)14-18-12-24-16-25(18)3/h12,16-17,19-20,23H,4-11,13-15H2,1-3H3/t17-,19-,20+,23-/m1/s1. The van der Waals surface area contributed by atoms with Crippen LogP contribution in [0.15, 0.2) is 12.5 Å². The summed E-state index contributed by atoms with van der Waals surface area (Å²) in [4.78, 5) is 36.4. The molecular formula is C23H37N5O3. The van der Waals surface area contributed by atoms with Gasteiger partial charge in [0.1, 0.15) is 0 Å². The Bertz CT molecular complexity index is 771. The molecule has 3 aliphatic heterocycles. The van der Waals surface area contributed by atoms with Crippen LogP contribution < -0.4 is 0 Å². The maximum atomic E-state index is 13.0. The van der Waals surface area contributed by atoms with E-state index < -0.39 is 0 Å². The summed E-state index contributed by atoms with van der Waals surface area (Å²) in [5.74, 6) is 0.873. The average molecular weight is 432 g/mol. The van der Waals surface area contributed by atoms with Gasteiger partial charge in [-0.15, -0.1) is 0 Å². The summed E-state index contributed by atoms with van der Waals surface area (Å²) in [6.07, 6.45) is 6.83. The molecule has 2 amide bonds. The first kappa shape index (κ1) is 22.3. The molecule has 31 heavy (non-hydrogen) atoms. The van der Waals surface area contributed by atoms with Crippen molar-refractivity contribution >= 4 is 11.8 Å². The Morgan fingerprint density at radius 1 is 1.19 bits per heavy atom. The molecule has 8 nitrogen and oxygen atoms in total. The van der Waals surface area contributed by atoms with Crippen LogP contribution in [0.1, 0.15) is 45.2 Å². The smallest absolute Gasteiger partial charge is 0.225 e. The van der Waals surface area contributed by atoms with Crippen molar-refractivity contribution < 1.29 is 14.3 Å². The van der Waals surface area contributed by atoms with Gasteiger partial charge in [-0.3, -0.25) is 14.5 Å². The Balaban J connectivity index is 1.49. The fraction of sp³-hybridized carbons (Fsp3) is 0.783. The summed E-state index contributed by atoms with van der Waals surface area (Å²) >= 11 is 0. The van der Waals surface area contributed by atoms with E-state index in [1.165, 1.54) is 0 Å². The predicted octanol–water partition coefficient (Wildman–Crippen LogP) is 1.51. The number of nitrogens with zero attached hydrogens (tertiary/aromatic N) is 5. The van der Waals surface area contributed by atoms with Gasteiger partial charge in [0.05, 0.1) is 31.2 Å². The molecule has 0 aliphatic carbocycles. The molecule has 0 unspecified atom stereocenters. The first-order valence-corrected chi connectivity index (χ1v) is 11.9. The van der Waals surface area contributed by atoms with Crippen LogP contribution in [-0.2, 0) is 27.9 Å². The topological polar surface area (TPSA) is 70.9 Å². The van der Waals surface area contributed by atoms with E-state index in [1.54, 1.807) is 0 Å². The van der Waals surface area contributed by atoms with Gasteiger partial charge < -0.3 is 19.1 Å². The third kappa shape index (κ3) is 4.65. The highest BCUT2D eigenvalue weighted by atomic mass is 16.5. The minimum atomic E-state index is -0.106. The van der Waals surface area contributed by atoms with Crippen molar-refractivity contribution in [2.75, 3.05) is 39.3 Å². The zero-order valence-electron chi connectivity index (χ0n) is 19.2. The monoisotopic (exact) mass is 431 g/mol. The van der Waals surface area contributed by atoms with E-state index in [1.807, 2.05) is 43.2 Å². The molecule has 0 spiro atoms. The van der Waals surface area contributed by atoms with E-state index in [0.717, 1.165) is 57.8 Å². The van der Waals surface area contributed by atoms with E-state index in [-0.39, 0.29) is 35.8 Å². The van der Waals surface area contributed by atoms with Gasteiger partial charge >= 0.3 is 0 Å². The number of hydrogen-bond donors (Lipinski definition) is 0. The van der Waals surface area contributed by atoms with Crippen LogP contribution in [0.3, 0.4) is 0 Å². The third-order valence-electron chi connectivity index (χ3n) is 7.51. The van der Waals surface area contributed by atoms with E-state index >= 15 is 0 Å². The molecule has 0 bridgehead atoms. The molecule has 3 saturated heterocycles. The molecular weight excluding hydrogens is 394 g/mol. The van der Waals surface area contributed by atoms with Crippen molar-refractivity contribution in [2.45, 2.75) is 58.2 Å². The molecule has 4 heterocycles. The van der Waals surface area contributed by atoms with E-state index in [2.05, 4.69) is 14.5 Å². The summed E-state index contributed by atoms with van der Waals surface area (Å²) < 4.78 is 8.26. The van der Waals surface area contributed by atoms with Gasteiger partial charge in [0.25, 0.3) is 0 Å². The summed E-state index contributed by atoms with van der Waals surface area (Å²) in [5.41, 5.74) is 1.16. The molecule has 0 N–H and O–H groups in total. The number of aromatic nitrogens is 2. The van der Waals surface area contributed by atoms with E-state index in [0.29, 0.717) is 19.4 Å². The van der Waals surface area contributed by atoms with Crippen molar-refractivity contribution in [3.8, 4) is 0 Å². The number of hydrogen-bond acceptors (Lipinski definition) is 5. The van der Waals surface area contributed by atoms with Crippen molar-refractivity contribution in [3.05, 3.63) is 18.2 Å². The fourth-order valence-corrected chi connectivity index (χ4v) is 5.74. The number of ether oxygens (including phenoxy) is 1. The van der Waals surface area contributed by atoms with Gasteiger partial charge in [-0.05, 0) is 32.6 Å². The Morgan fingerprint density at radius 3 is 2.58 bits per heavy atom. The van der Waals surface area contributed by atoms with Crippen molar-refractivity contribution in [2.24, 2.45) is 18.9 Å². The predicted molar refractivity (Wildman–Crippen MR) is 117 cm³/mol. The van der Waals surface area contributed by atoms with Crippen molar-refractivity contribution in [1.29, 1.82) is 0 Å². The Kier molecular flexibility index (Phi) is 6.96. The quantitative estimate of drug-likeness (QED) is 0.624. The lowest BCUT2D eigenvalue weighted by molar-refractivity contribution is -0.134. The Hall–Kier alpha value is -1.93. The zero-order valence-corrected chi connectivity index (χ0v) is 19.2. The fourth-order valence-electron chi connectivity index (χ4n) is 5.74. The van der Waals surface area contributed by atoms with Gasteiger partial charge in [-0.2, -0.15) is 0 Å². The lowest BCUT2D eigenvalue weighted by Crippen LogP contribution is -2.38. The molecule has 0 aromatic carbocycles. The van der Waals surface area contributed by atoms with Crippen LogP contribution >= 0.6 is 0 Å². The first-order valence-electron chi connectivity index (χ1n) is 11.9. The second-order valence-corrected chi connectivity index (χ2v) is 9.26. The van der Waals surface area contributed by atoms with Crippen LogP contribution in [0.25, 0.3) is 0 Å². The number of imidazole rings is 1. The molecule has 3 fully saturated rings. The van der Waals surface area contributed by atoms with Crippen molar-refractivity contribution in [3.63, 3.8) is 0 Å². The Morgan fingerprint density at radius 2 is 1.94 bits per heavy atom. The van der Waals surface area contributed by atoms with Crippen LogP contribution in [-0.4, -0.2) is 87.5 Å². The average Bonchev–Trinajstić information content (AvgIpc) is 3.52. The van der Waals surface area contributed by atoms with E-state index in [4.69, 9.17) is 4.74 Å². The van der Waals surface area contributed by atoms with Gasteiger partial charge in [-0.25, -0.2) is 4.98 Å². The number of amides is 2. The number of rotatable bonds is 8. The number of aryl methyl sites for hydroxylation is 1. The highest BCUT2D eigenvalue weighted by Gasteiger charge is 2.51. The maximum Gasteiger partial charge on any atom is 0.225 e. The maximum absolute atomic E-state index is 13.0. The Labute approximate surface area is 185 Å². The normalized spacial score (nSPS) is 28.3. The number of carbonyl (C=O) groups is 2. The van der Waals surface area contributed by atoms with Gasteiger partial charge in [0, 0.05) is 70.9 Å². The van der Waals surface area contributed by atoms with Crippen LogP contribution in [0, 0.1) is 11.8 Å². The van der Waals surface area contributed by atoms with Crippen LogP contribution in [0.5, 0.6) is 0 Å². The number of likely N-dealkylation sites (tertiary alicyclic amines) is 2. The second-order valence-electron chi connectivity index (χ2n) is 9.26. The zero-order chi connectivity index (χ0) is 22.0. The van der Waals surface area contributed by atoms with Gasteiger partial charge in [0.15, 0.2) is 0 Å². The lowest BCUT2D eigenvalue weighted by atomic mass is 9.84. The minimum absolute atomic E-state index is 0.106. The van der Waals surface area contributed by atoms with Crippen LogP contribution in [0.2, 0.25) is 0 Å². The molecule has 0 saturated carbocycles. The first-order chi connectivity index (χ1) is 15.0. The summed E-state index contributed by atoms with van der Waals surface area (Å²) in [7, 11) is 2.01. The molecule has 8 heteroatoms. The van der Waals surface area contributed by atoms with Gasteiger partial charge in [-0.1, -0.05) is 0 Å². The third-order valence-corrected chi connectivity index (χ3v) is 7.51. The highest BCUT2D eigenvalue weighted by Crippen LogP contribution is 2.42. The number of fused-ring (bicyclic) bond motifs is 1. The summed E-state index contributed by atoms with van der Waals surface area (Å²) in [6.45, 7) is 9.56.